The van der Waals surface area contributed by atoms with Crippen molar-refractivity contribution < 1.29 is 52.5 Å². The van der Waals surface area contributed by atoms with E-state index in [0.29, 0.717) is 39.3 Å². The number of esters is 5. The van der Waals surface area contributed by atoms with Gasteiger partial charge in [-0.2, -0.15) is 0 Å². The van der Waals surface area contributed by atoms with Crippen LogP contribution >= 0.6 is 0 Å². The third-order valence-corrected chi connectivity index (χ3v) is 7.58. The molecule has 4 heterocycles. The molecule has 4 aromatic rings. The van der Waals surface area contributed by atoms with E-state index in [4.69, 9.17) is 23.7 Å². The molecule has 4 atom stereocenters. The highest BCUT2D eigenvalue weighted by molar-refractivity contribution is 6.46. The smallest absolute Gasteiger partial charge is 0.347 e. The topological polar surface area (TPSA) is 158 Å². The van der Waals surface area contributed by atoms with Crippen LogP contribution in [-0.4, -0.2) is 70.3 Å². The average Bonchev–Trinajstić information content (AvgIpc) is 3.64. The molecule has 2 aromatic carbocycles. The quantitative estimate of drug-likeness (QED) is 0.130. The Morgan fingerprint density at radius 2 is 1.29 bits per heavy atom. The molecular formula is C32H26N2O11. The molecular weight excluding hydrogens is 588 g/mol. The molecule has 0 spiro atoms. The predicted molar refractivity (Wildman–Crippen MR) is 156 cm³/mol. The second-order valence-electron chi connectivity index (χ2n) is 10.5. The minimum absolute atomic E-state index is 0.0338. The summed E-state index contributed by atoms with van der Waals surface area (Å²) >= 11 is 0. The number of hydrogen-bond acceptors (Lipinski definition) is 11. The summed E-state index contributed by atoms with van der Waals surface area (Å²) in [5.41, 5.74) is 1.59. The summed E-state index contributed by atoms with van der Waals surface area (Å²) in [6.07, 6.45) is -1.12. The maximum absolute atomic E-state index is 13.3. The van der Waals surface area contributed by atoms with Gasteiger partial charge in [-0.15, -0.1) is 0 Å². The molecule has 0 bridgehead atoms. The third-order valence-electron chi connectivity index (χ3n) is 7.58. The zero-order chi connectivity index (χ0) is 32.0. The van der Waals surface area contributed by atoms with Crippen LogP contribution in [0.1, 0.15) is 38.1 Å². The van der Waals surface area contributed by atoms with Crippen molar-refractivity contribution in [2.75, 3.05) is 6.61 Å². The summed E-state index contributed by atoms with van der Waals surface area (Å²) < 4.78 is 30.6. The lowest BCUT2D eigenvalue weighted by molar-refractivity contribution is -0.239. The number of hydrogen-bond donors (Lipinski definition) is 0. The first kappa shape index (κ1) is 29.5. The minimum Gasteiger partial charge on any atom is -0.456 e. The summed E-state index contributed by atoms with van der Waals surface area (Å²) in [7, 11) is 0. The molecule has 0 N–H and O–H groups in total. The molecule has 2 aliphatic heterocycles. The van der Waals surface area contributed by atoms with Crippen molar-refractivity contribution >= 4 is 69.2 Å². The number of rotatable bonds is 7. The van der Waals surface area contributed by atoms with E-state index in [-0.39, 0.29) is 17.8 Å². The van der Waals surface area contributed by atoms with Crippen molar-refractivity contribution in [2.45, 2.75) is 45.3 Å². The third kappa shape index (κ3) is 5.16. The largest absolute Gasteiger partial charge is 0.456 e. The normalized spacial score (nSPS) is 21.6. The van der Waals surface area contributed by atoms with E-state index in [0.717, 1.165) is 0 Å². The number of cyclic esters (lactones) is 2. The van der Waals surface area contributed by atoms with Crippen molar-refractivity contribution in [2.24, 2.45) is 0 Å². The number of benzene rings is 2. The van der Waals surface area contributed by atoms with Crippen molar-refractivity contribution in [3.05, 3.63) is 72.1 Å². The Hall–Kier alpha value is -5.56. The van der Waals surface area contributed by atoms with Gasteiger partial charge in [-0.1, -0.05) is 36.4 Å². The number of nitrogens with zero attached hydrogens (tertiary/aromatic N) is 2. The fourth-order valence-electron chi connectivity index (χ4n) is 5.95. The molecule has 0 aliphatic carbocycles. The van der Waals surface area contributed by atoms with Gasteiger partial charge in [-0.25, -0.2) is 9.59 Å². The lowest BCUT2D eigenvalue weighted by Gasteiger charge is -2.41. The van der Waals surface area contributed by atoms with E-state index < -0.39 is 54.4 Å². The zero-order valence-electron chi connectivity index (χ0n) is 24.3. The van der Waals surface area contributed by atoms with Crippen LogP contribution in [0.25, 0.3) is 33.0 Å². The number of ether oxygens (including phenoxy) is 5. The molecule has 0 amide bonds. The molecule has 0 unspecified atom stereocenters. The molecule has 230 valence electrons. The predicted octanol–water partition coefficient (Wildman–Crippen LogP) is 2.95. The Kier molecular flexibility index (Phi) is 7.54. The molecule has 45 heavy (non-hydrogen) atoms. The SMILES string of the molecule is CC(=O)O[C@@H]1[C@@H](OC(C)=O)[C@@H](n2cc(C3=C(c4cn(C=O)c5ccccc45)C(=O)OC3=O)c3ccccc32)OC[C@@H]1OC(C)=O. The first-order valence-electron chi connectivity index (χ1n) is 13.9. The number of aromatic nitrogens is 2. The van der Waals surface area contributed by atoms with E-state index in [1.807, 2.05) is 0 Å². The second kappa shape index (κ2) is 11.5. The van der Waals surface area contributed by atoms with Gasteiger partial charge in [0.2, 0.25) is 6.41 Å². The highest BCUT2D eigenvalue weighted by Gasteiger charge is 2.48. The fraction of sp³-hybridized carbons (Fsp3) is 0.250. The van der Waals surface area contributed by atoms with E-state index in [1.165, 1.54) is 31.5 Å². The Morgan fingerprint density at radius 1 is 0.756 bits per heavy atom. The highest BCUT2D eigenvalue weighted by atomic mass is 16.6. The van der Waals surface area contributed by atoms with Crippen LogP contribution in [0.4, 0.5) is 0 Å². The van der Waals surface area contributed by atoms with E-state index >= 15 is 0 Å². The van der Waals surface area contributed by atoms with Crippen LogP contribution in [0.2, 0.25) is 0 Å². The first-order chi connectivity index (χ1) is 21.6. The van der Waals surface area contributed by atoms with Crippen LogP contribution in [0.15, 0.2) is 60.9 Å². The van der Waals surface area contributed by atoms with Gasteiger partial charge in [0.15, 0.2) is 24.5 Å². The lowest BCUT2D eigenvalue weighted by Crippen LogP contribution is -2.55. The second-order valence-corrected chi connectivity index (χ2v) is 10.5. The summed E-state index contributed by atoms with van der Waals surface area (Å²) in [5.74, 6) is -3.85. The van der Waals surface area contributed by atoms with Crippen LogP contribution in [0, 0.1) is 0 Å². The van der Waals surface area contributed by atoms with Crippen molar-refractivity contribution in [1.82, 2.24) is 9.13 Å². The van der Waals surface area contributed by atoms with Crippen molar-refractivity contribution in [1.29, 1.82) is 0 Å². The molecule has 0 radical (unpaired) electrons. The van der Waals surface area contributed by atoms with Gasteiger partial charge in [0, 0.05) is 55.1 Å². The van der Waals surface area contributed by atoms with Crippen LogP contribution < -0.4 is 0 Å². The monoisotopic (exact) mass is 614 g/mol. The fourth-order valence-corrected chi connectivity index (χ4v) is 5.95. The standard InChI is InChI=1S/C32H26N2O11/c1-16(36)42-25-14-41-30(29(44-18(3)38)28(25)43-17(2)37)34-13-22(20-9-5-7-11-24(20)34)27-26(31(39)45-32(27)40)21-12-33(15-35)23-10-6-4-8-19(21)23/h4-13,15,25,28-30H,14H2,1-3H3/t25-,28-,29+,30-/m0/s1. The van der Waals surface area contributed by atoms with Gasteiger partial charge >= 0.3 is 29.8 Å². The van der Waals surface area contributed by atoms with Crippen LogP contribution in [0.3, 0.4) is 0 Å². The minimum atomic E-state index is -1.29. The Balaban J connectivity index is 1.55. The summed E-state index contributed by atoms with van der Waals surface area (Å²) in [6, 6.07) is 13.9. The molecule has 13 nitrogen and oxygen atoms in total. The molecule has 1 fully saturated rings. The van der Waals surface area contributed by atoms with Gasteiger partial charge in [-0.3, -0.25) is 23.7 Å². The Bertz CT molecular complexity index is 1950. The van der Waals surface area contributed by atoms with Gasteiger partial charge in [0.05, 0.1) is 28.8 Å². The maximum Gasteiger partial charge on any atom is 0.347 e. The molecule has 6 rings (SSSR count). The Morgan fingerprint density at radius 3 is 1.89 bits per heavy atom. The molecule has 2 aliphatic rings. The summed E-state index contributed by atoms with van der Waals surface area (Å²) in [5, 5.41) is 1.07. The number of para-hydroxylation sites is 2. The molecule has 1 saturated heterocycles. The maximum atomic E-state index is 13.3. The molecule has 13 heteroatoms. The van der Waals surface area contributed by atoms with E-state index in [9.17, 15) is 28.8 Å². The van der Waals surface area contributed by atoms with Gasteiger partial charge in [-0.05, 0) is 12.1 Å². The van der Waals surface area contributed by atoms with E-state index in [2.05, 4.69) is 0 Å². The van der Waals surface area contributed by atoms with Gasteiger partial charge < -0.3 is 28.3 Å². The van der Waals surface area contributed by atoms with Crippen molar-refractivity contribution in [3.8, 4) is 0 Å². The Labute approximate surface area is 254 Å². The van der Waals surface area contributed by atoms with Crippen LogP contribution in [-0.2, 0) is 52.5 Å². The summed E-state index contributed by atoms with van der Waals surface area (Å²) in [6.45, 7) is 3.30. The first-order valence-corrected chi connectivity index (χ1v) is 13.9. The van der Waals surface area contributed by atoms with Gasteiger partial charge in [0.1, 0.15) is 0 Å². The number of carbonyl (C=O) groups excluding carboxylic acids is 6. The van der Waals surface area contributed by atoms with Crippen LogP contribution in [0.5, 0.6) is 0 Å². The highest BCUT2D eigenvalue weighted by Crippen LogP contribution is 2.42. The average molecular weight is 615 g/mol. The zero-order valence-corrected chi connectivity index (χ0v) is 24.3. The lowest BCUT2D eigenvalue weighted by atomic mass is 9.95. The van der Waals surface area contributed by atoms with Gasteiger partial charge in [0.25, 0.3) is 0 Å². The number of fused-ring (bicyclic) bond motifs is 2. The summed E-state index contributed by atoms with van der Waals surface area (Å²) in [4.78, 5) is 74.6. The van der Waals surface area contributed by atoms with E-state index in [1.54, 1.807) is 59.3 Å². The number of carbonyl (C=O) groups is 6. The van der Waals surface area contributed by atoms with Crippen molar-refractivity contribution in [3.63, 3.8) is 0 Å². The molecule has 0 saturated carbocycles. The molecule has 2 aromatic heterocycles.